The van der Waals surface area contributed by atoms with E-state index in [-0.39, 0.29) is 40.0 Å². The Morgan fingerprint density at radius 1 is 1.34 bits per heavy atom. The molecule has 1 aromatic heterocycles. The van der Waals surface area contributed by atoms with Gasteiger partial charge in [-0.3, -0.25) is 9.59 Å². The summed E-state index contributed by atoms with van der Waals surface area (Å²) in [6.07, 6.45) is 1.62. The van der Waals surface area contributed by atoms with Crippen LogP contribution in [0.25, 0.3) is 5.76 Å². The first-order chi connectivity index (χ1) is 13.7. The number of benzene rings is 1. The van der Waals surface area contributed by atoms with E-state index in [1.165, 1.54) is 28.6 Å². The fraction of sp³-hybridized carbons (Fsp3) is 0.211. The number of pyridine rings is 1. The lowest BCUT2D eigenvalue weighted by atomic mass is 10.1. The molecule has 152 valence electrons. The summed E-state index contributed by atoms with van der Waals surface area (Å²) in [7, 11) is 3.08. The fourth-order valence-corrected chi connectivity index (χ4v) is 2.92. The van der Waals surface area contributed by atoms with Crippen LogP contribution in [0.1, 0.15) is 5.56 Å². The van der Waals surface area contributed by atoms with Gasteiger partial charge in [0.1, 0.15) is 17.5 Å². The number of carbonyl (C=O) groups excluding carboxylic acids is 1. The molecular formula is C19H18Cl2N4O4. The SMILES string of the molecule is CN(CCNc1cccn(C)c1=O)C(=O)/C(C#N)=C(\O)c1cc(Cl)c(O)c(Cl)c1. The van der Waals surface area contributed by atoms with Crippen LogP contribution in [0.3, 0.4) is 0 Å². The van der Waals surface area contributed by atoms with Gasteiger partial charge in [0.15, 0.2) is 11.3 Å². The summed E-state index contributed by atoms with van der Waals surface area (Å²) in [5.41, 5.74) is -0.330. The maximum atomic E-state index is 12.6. The second-order valence-corrected chi connectivity index (χ2v) is 6.93. The largest absolute Gasteiger partial charge is 0.506 e. The highest BCUT2D eigenvalue weighted by atomic mass is 35.5. The minimum absolute atomic E-state index is 0.0157. The number of phenolic OH excluding ortho intramolecular Hbond substituents is 1. The number of nitrogens with zero attached hydrogens (tertiary/aromatic N) is 3. The molecule has 2 rings (SSSR count). The molecule has 2 aromatic rings. The molecule has 0 spiro atoms. The Hall–Kier alpha value is -3.15. The van der Waals surface area contributed by atoms with E-state index in [1.807, 2.05) is 0 Å². The Labute approximate surface area is 176 Å². The van der Waals surface area contributed by atoms with Gasteiger partial charge >= 0.3 is 0 Å². The number of amides is 1. The summed E-state index contributed by atoms with van der Waals surface area (Å²) in [5, 5.41) is 32.0. The van der Waals surface area contributed by atoms with E-state index in [4.69, 9.17) is 23.2 Å². The molecule has 0 radical (unpaired) electrons. The lowest BCUT2D eigenvalue weighted by Crippen LogP contribution is -2.33. The van der Waals surface area contributed by atoms with Crippen molar-refractivity contribution in [3.8, 4) is 11.8 Å². The first-order valence-corrected chi connectivity index (χ1v) is 9.09. The number of hydrogen-bond donors (Lipinski definition) is 3. The highest BCUT2D eigenvalue weighted by Gasteiger charge is 2.21. The van der Waals surface area contributed by atoms with Crippen molar-refractivity contribution in [3.05, 3.63) is 62.0 Å². The molecule has 0 unspecified atom stereocenters. The monoisotopic (exact) mass is 436 g/mol. The normalized spacial score (nSPS) is 11.4. The van der Waals surface area contributed by atoms with Gasteiger partial charge in [0.2, 0.25) is 0 Å². The van der Waals surface area contributed by atoms with Gasteiger partial charge in [-0.05, 0) is 24.3 Å². The molecule has 0 fully saturated rings. The van der Waals surface area contributed by atoms with Crippen molar-refractivity contribution in [2.75, 3.05) is 25.5 Å². The summed E-state index contributed by atoms with van der Waals surface area (Å²) in [6.45, 7) is 0.407. The zero-order valence-corrected chi connectivity index (χ0v) is 17.1. The molecule has 1 amide bonds. The zero-order chi connectivity index (χ0) is 21.7. The quantitative estimate of drug-likeness (QED) is 0.363. The Kier molecular flexibility index (Phi) is 7.15. The highest BCUT2D eigenvalue weighted by Crippen LogP contribution is 2.35. The van der Waals surface area contributed by atoms with Gasteiger partial charge in [0.05, 0.1) is 10.0 Å². The van der Waals surface area contributed by atoms with Gasteiger partial charge in [0.25, 0.3) is 11.5 Å². The van der Waals surface area contributed by atoms with Crippen LogP contribution in [0.2, 0.25) is 10.0 Å². The molecule has 0 aliphatic rings. The molecule has 0 atom stereocenters. The van der Waals surface area contributed by atoms with Crippen LogP contribution in [-0.2, 0) is 11.8 Å². The van der Waals surface area contributed by atoms with Gasteiger partial charge in [-0.2, -0.15) is 5.26 Å². The van der Waals surface area contributed by atoms with Crippen molar-refractivity contribution in [1.82, 2.24) is 9.47 Å². The first-order valence-electron chi connectivity index (χ1n) is 8.34. The maximum absolute atomic E-state index is 12.6. The molecular weight excluding hydrogens is 419 g/mol. The lowest BCUT2D eigenvalue weighted by molar-refractivity contribution is -0.125. The molecule has 10 heteroatoms. The van der Waals surface area contributed by atoms with Crippen LogP contribution in [0.15, 0.2) is 40.8 Å². The lowest BCUT2D eigenvalue weighted by Gasteiger charge is -2.18. The summed E-state index contributed by atoms with van der Waals surface area (Å²) >= 11 is 11.6. The standard InChI is InChI=1S/C19H18Cl2N4O4/c1-24-6-3-4-15(19(24)29)23-5-7-25(2)18(28)12(10-22)16(26)11-8-13(20)17(27)14(21)9-11/h3-4,6,8-9,23,26-27H,5,7H2,1-2H3/b16-12-. The number of aliphatic hydroxyl groups is 1. The van der Waals surface area contributed by atoms with E-state index in [0.29, 0.717) is 5.69 Å². The van der Waals surface area contributed by atoms with Crippen LogP contribution < -0.4 is 10.9 Å². The van der Waals surface area contributed by atoms with E-state index >= 15 is 0 Å². The molecule has 1 heterocycles. The minimum Gasteiger partial charge on any atom is -0.506 e. The number of halogens is 2. The number of nitrogens with one attached hydrogen (secondary N) is 1. The van der Waals surface area contributed by atoms with Crippen LogP contribution in [0, 0.1) is 11.3 Å². The van der Waals surface area contributed by atoms with Crippen LogP contribution in [0.5, 0.6) is 5.75 Å². The molecule has 0 saturated heterocycles. The summed E-state index contributed by atoms with van der Waals surface area (Å²) in [5.74, 6) is -1.71. The highest BCUT2D eigenvalue weighted by molar-refractivity contribution is 6.37. The Morgan fingerprint density at radius 2 is 1.97 bits per heavy atom. The Bertz CT molecular complexity index is 1050. The summed E-state index contributed by atoms with van der Waals surface area (Å²) < 4.78 is 1.42. The molecule has 0 aliphatic carbocycles. The number of aromatic nitrogens is 1. The van der Waals surface area contributed by atoms with Crippen LogP contribution >= 0.6 is 23.2 Å². The number of phenols is 1. The number of aryl methyl sites for hydroxylation is 1. The third kappa shape index (κ3) is 5.02. The molecule has 0 bridgehead atoms. The molecule has 0 saturated carbocycles. The van der Waals surface area contributed by atoms with Crippen molar-refractivity contribution in [1.29, 1.82) is 5.26 Å². The maximum Gasteiger partial charge on any atom is 0.273 e. The van der Waals surface area contributed by atoms with Gasteiger partial charge in [0, 0.05) is 38.9 Å². The van der Waals surface area contributed by atoms with E-state index in [2.05, 4.69) is 5.32 Å². The number of likely N-dealkylation sites (N-methyl/N-ethyl adjacent to an activating group) is 1. The molecule has 29 heavy (non-hydrogen) atoms. The first kappa shape index (κ1) is 22.1. The van der Waals surface area contributed by atoms with Gasteiger partial charge < -0.3 is 25.0 Å². The van der Waals surface area contributed by atoms with Crippen molar-refractivity contribution in [3.63, 3.8) is 0 Å². The van der Waals surface area contributed by atoms with Crippen molar-refractivity contribution < 1.29 is 15.0 Å². The van der Waals surface area contributed by atoms with Crippen molar-refractivity contribution in [2.45, 2.75) is 0 Å². The van der Waals surface area contributed by atoms with Crippen molar-refractivity contribution >= 4 is 40.6 Å². The smallest absolute Gasteiger partial charge is 0.273 e. The fourth-order valence-electron chi connectivity index (χ4n) is 2.43. The van der Waals surface area contributed by atoms with Gasteiger partial charge in [-0.15, -0.1) is 0 Å². The number of carbonyl (C=O) groups is 1. The molecule has 3 N–H and O–H groups in total. The zero-order valence-electron chi connectivity index (χ0n) is 15.6. The predicted molar refractivity (Wildman–Crippen MR) is 111 cm³/mol. The summed E-state index contributed by atoms with van der Waals surface area (Å²) in [4.78, 5) is 25.7. The second kappa shape index (κ2) is 9.37. The Morgan fingerprint density at radius 3 is 2.55 bits per heavy atom. The number of hydrogen-bond acceptors (Lipinski definition) is 6. The van der Waals surface area contributed by atoms with Gasteiger partial charge in [-0.1, -0.05) is 23.2 Å². The molecule has 1 aromatic carbocycles. The number of rotatable bonds is 6. The third-order valence-corrected chi connectivity index (χ3v) is 4.66. The van der Waals surface area contributed by atoms with E-state index in [0.717, 1.165) is 0 Å². The second-order valence-electron chi connectivity index (χ2n) is 6.12. The average molecular weight is 437 g/mol. The number of anilines is 1. The van der Waals surface area contributed by atoms with Gasteiger partial charge in [-0.25, -0.2) is 0 Å². The van der Waals surface area contributed by atoms with Crippen LogP contribution in [-0.4, -0.2) is 45.7 Å². The van der Waals surface area contributed by atoms with E-state index < -0.39 is 17.2 Å². The third-order valence-electron chi connectivity index (χ3n) is 4.09. The minimum atomic E-state index is -0.729. The number of nitriles is 1. The predicted octanol–water partition coefficient (Wildman–Crippen LogP) is 2.76. The number of aromatic hydroxyl groups is 1. The molecule has 8 nitrogen and oxygen atoms in total. The van der Waals surface area contributed by atoms with Crippen LogP contribution in [0.4, 0.5) is 5.69 Å². The average Bonchev–Trinajstić information content (AvgIpc) is 2.69. The number of aliphatic hydroxyl groups excluding tert-OH is 1. The molecule has 0 aliphatic heterocycles. The van der Waals surface area contributed by atoms with Crippen molar-refractivity contribution in [2.24, 2.45) is 7.05 Å². The van der Waals surface area contributed by atoms with E-state index in [1.54, 1.807) is 31.4 Å². The topological polar surface area (TPSA) is 119 Å². The Balaban J connectivity index is 2.15. The van der Waals surface area contributed by atoms with E-state index in [9.17, 15) is 25.1 Å². The summed E-state index contributed by atoms with van der Waals surface area (Å²) in [6, 6.07) is 7.38.